The van der Waals surface area contributed by atoms with Crippen molar-refractivity contribution in [3.63, 3.8) is 0 Å². The van der Waals surface area contributed by atoms with Gasteiger partial charge in [0.1, 0.15) is 5.82 Å². The molecule has 0 spiro atoms. The Morgan fingerprint density at radius 1 is 1.46 bits per heavy atom. The molecule has 13 heavy (non-hydrogen) atoms. The largest absolute Gasteiger partial charge is 0.239 e. The van der Waals surface area contributed by atoms with Gasteiger partial charge in [-0.3, -0.25) is 0 Å². The number of rotatable bonds is 1. The number of aryl methyl sites for hydroxylation is 1. The zero-order valence-electron chi connectivity index (χ0n) is 7.57. The van der Waals surface area contributed by atoms with Gasteiger partial charge in [-0.25, -0.2) is 9.99 Å². The van der Waals surface area contributed by atoms with Gasteiger partial charge in [0.05, 0.1) is 0 Å². The highest BCUT2D eigenvalue weighted by molar-refractivity contribution is 5.56. The smallest absolute Gasteiger partial charge is 0.149 e. The van der Waals surface area contributed by atoms with E-state index in [1.165, 1.54) is 5.56 Å². The van der Waals surface area contributed by atoms with Crippen LogP contribution in [0.2, 0.25) is 0 Å². The van der Waals surface area contributed by atoms with Crippen molar-refractivity contribution < 1.29 is 0 Å². The Kier molecular flexibility index (Phi) is 2.11. The van der Waals surface area contributed by atoms with Crippen LogP contribution in [0.4, 0.5) is 5.82 Å². The SMILES string of the molecule is Cc1ccc(N2CCC=C=N2)nc1. The molecule has 1 aliphatic rings. The molecule has 1 aliphatic heterocycles. The Bertz CT molecular complexity index is 347. The Labute approximate surface area is 77.4 Å². The van der Waals surface area contributed by atoms with E-state index in [0.717, 1.165) is 18.8 Å². The summed E-state index contributed by atoms with van der Waals surface area (Å²) in [4.78, 5) is 4.28. The molecule has 0 N–H and O–H groups in total. The van der Waals surface area contributed by atoms with E-state index < -0.39 is 0 Å². The highest BCUT2D eigenvalue weighted by atomic mass is 15.5. The fraction of sp³-hybridized carbons (Fsp3) is 0.300. The van der Waals surface area contributed by atoms with Crippen LogP contribution in [0.5, 0.6) is 0 Å². The van der Waals surface area contributed by atoms with Gasteiger partial charge in [0.15, 0.2) is 0 Å². The normalized spacial score (nSPS) is 15.0. The molecule has 0 aliphatic carbocycles. The summed E-state index contributed by atoms with van der Waals surface area (Å²) in [6, 6.07) is 4.02. The molecular formula is C10H11N3. The molecule has 2 rings (SSSR count). The summed E-state index contributed by atoms with van der Waals surface area (Å²) in [5.74, 6) is 3.73. The van der Waals surface area contributed by atoms with Crippen molar-refractivity contribution in [2.45, 2.75) is 13.3 Å². The Hall–Kier alpha value is -1.60. The number of hydrogen-bond acceptors (Lipinski definition) is 3. The third-order valence-corrected chi connectivity index (χ3v) is 1.92. The number of hydrazone groups is 1. The molecule has 0 atom stereocenters. The summed E-state index contributed by atoms with van der Waals surface area (Å²) in [6.07, 6.45) is 4.77. The van der Waals surface area contributed by atoms with Crippen molar-refractivity contribution >= 4 is 11.7 Å². The van der Waals surface area contributed by atoms with Gasteiger partial charge in [0.2, 0.25) is 0 Å². The van der Waals surface area contributed by atoms with Crippen LogP contribution < -0.4 is 5.01 Å². The molecule has 0 radical (unpaired) electrons. The van der Waals surface area contributed by atoms with E-state index in [2.05, 4.69) is 16.0 Å². The Balaban J connectivity index is 2.25. The van der Waals surface area contributed by atoms with Crippen LogP contribution in [-0.2, 0) is 0 Å². The van der Waals surface area contributed by atoms with E-state index in [1.54, 1.807) is 0 Å². The predicted octanol–water partition coefficient (Wildman–Crippen LogP) is 1.74. The first-order valence-electron chi connectivity index (χ1n) is 4.34. The summed E-state index contributed by atoms with van der Waals surface area (Å²) >= 11 is 0. The maximum Gasteiger partial charge on any atom is 0.149 e. The average molecular weight is 173 g/mol. The van der Waals surface area contributed by atoms with Crippen LogP contribution in [0.15, 0.2) is 29.5 Å². The van der Waals surface area contributed by atoms with Gasteiger partial charge in [-0.1, -0.05) is 6.07 Å². The second-order valence-electron chi connectivity index (χ2n) is 3.04. The first-order valence-corrected chi connectivity index (χ1v) is 4.34. The third-order valence-electron chi connectivity index (χ3n) is 1.92. The summed E-state index contributed by atoms with van der Waals surface area (Å²) in [7, 11) is 0. The average Bonchev–Trinajstić information content (AvgIpc) is 2.20. The quantitative estimate of drug-likeness (QED) is 0.647. The summed E-state index contributed by atoms with van der Waals surface area (Å²) < 4.78 is 0. The lowest BCUT2D eigenvalue weighted by molar-refractivity contribution is 0.816. The molecule has 0 saturated carbocycles. The van der Waals surface area contributed by atoms with Gasteiger partial charge in [0, 0.05) is 18.6 Å². The van der Waals surface area contributed by atoms with Crippen molar-refractivity contribution in [1.29, 1.82) is 0 Å². The minimum Gasteiger partial charge on any atom is -0.239 e. The van der Waals surface area contributed by atoms with Gasteiger partial charge in [-0.2, -0.15) is 0 Å². The maximum absolute atomic E-state index is 4.28. The molecule has 0 bridgehead atoms. The first kappa shape index (κ1) is 8.02. The molecule has 0 aromatic carbocycles. The second kappa shape index (κ2) is 3.42. The molecule has 0 unspecified atom stereocenters. The van der Waals surface area contributed by atoms with Crippen LogP contribution in [-0.4, -0.2) is 17.4 Å². The number of nitrogens with zero attached hydrogens (tertiary/aromatic N) is 3. The van der Waals surface area contributed by atoms with Crippen LogP contribution >= 0.6 is 0 Å². The van der Waals surface area contributed by atoms with Gasteiger partial charge < -0.3 is 0 Å². The third kappa shape index (κ3) is 1.76. The Morgan fingerprint density at radius 2 is 2.38 bits per heavy atom. The van der Waals surface area contributed by atoms with Gasteiger partial charge in [-0.15, -0.1) is 5.10 Å². The highest BCUT2D eigenvalue weighted by Crippen LogP contribution is 2.12. The second-order valence-corrected chi connectivity index (χ2v) is 3.04. The van der Waals surface area contributed by atoms with Crippen molar-refractivity contribution in [3.05, 3.63) is 30.0 Å². The molecule has 0 fully saturated rings. The van der Waals surface area contributed by atoms with Gasteiger partial charge in [0.25, 0.3) is 0 Å². The summed E-state index contributed by atoms with van der Waals surface area (Å²) in [5, 5.41) is 5.96. The number of anilines is 1. The molecular weight excluding hydrogens is 162 g/mol. The monoisotopic (exact) mass is 173 g/mol. The standard InChI is InChI=1S/C10H11N3/c1-9-4-5-10(11-8-9)13-7-3-2-6-12-13/h2,4-5,8H,3,7H2,1H3. The van der Waals surface area contributed by atoms with E-state index >= 15 is 0 Å². The number of hydrogen-bond donors (Lipinski definition) is 0. The zero-order chi connectivity index (χ0) is 9.10. The fourth-order valence-corrected chi connectivity index (χ4v) is 1.19. The molecule has 1 aromatic heterocycles. The minimum absolute atomic E-state index is 0.892. The number of aromatic nitrogens is 1. The predicted molar refractivity (Wildman–Crippen MR) is 52.9 cm³/mol. The van der Waals surface area contributed by atoms with Gasteiger partial charge in [-0.05, 0) is 31.1 Å². The van der Waals surface area contributed by atoms with E-state index in [4.69, 9.17) is 0 Å². The van der Waals surface area contributed by atoms with Crippen LogP contribution in [0, 0.1) is 6.92 Å². The van der Waals surface area contributed by atoms with Crippen molar-refractivity contribution in [2.75, 3.05) is 11.6 Å². The molecule has 0 saturated heterocycles. The molecule has 3 heteroatoms. The van der Waals surface area contributed by atoms with Gasteiger partial charge >= 0.3 is 0 Å². The van der Waals surface area contributed by atoms with Crippen molar-refractivity contribution in [2.24, 2.45) is 5.10 Å². The lowest BCUT2D eigenvalue weighted by atomic mass is 10.3. The fourth-order valence-electron chi connectivity index (χ4n) is 1.19. The summed E-state index contributed by atoms with van der Waals surface area (Å²) in [6.45, 7) is 2.92. The topological polar surface area (TPSA) is 28.5 Å². The van der Waals surface area contributed by atoms with E-state index in [1.807, 2.05) is 36.3 Å². The highest BCUT2D eigenvalue weighted by Gasteiger charge is 2.05. The number of pyridine rings is 1. The Morgan fingerprint density at radius 3 is 3.00 bits per heavy atom. The van der Waals surface area contributed by atoms with Crippen LogP contribution in [0.3, 0.4) is 0 Å². The lowest BCUT2D eigenvalue weighted by Gasteiger charge is -2.17. The molecule has 1 aromatic rings. The van der Waals surface area contributed by atoms with E-state index in [0.29, 0.717) is 0 Å². The van der Waals surface area contributed by atoms with Crippen molar-refractivity contribution in [3.8, 4) is 0 Å². The summed E-state index contributed by atoms with van der Waals surface area (Å²) in [5.41, 5.74) is 1.17. The molecule has 3 nitrogen and oxygen atoms in total. The zero-order valence-corrected chi connectivity index (χ0v) is 7.57. The molecule has 66 valence electrons. The van der Waals surface area contributed by atoms with Crippen LogP contribution in [0.25, 0.3) is 0 Å². The lowest BCUT2D eigenvalue weighted by Crippen LogP contribution is -2.20. The first-order chi connectivity index (χ1) is 6.36. The van der Waals surface area contributed by atoms with E-state index in [9.17, 15) is 0 Å². The minimum atomic E-state index is 0.892. The van der Waals surface area contributed by atoms with Crippen molar-refractivity contribution in [1.82, 2.24) is 4.98 Å². The van der Waals surface area contributed by atoms with Crippen LogP contribution in [0.1, 0.15) is 12.0 Å². The van der Waals surface area contributed by atoms with E-state index in [-0.39, 0.29) is 0 Å². The maximum atomic E-state index is 4.28. The molecule has 0 amide bonds. The molecule has 2 heterocycles.